The summed E-state index contributed by atoms with van der Waals surface area (Å²) in [5.41, 5.74) is 0. The lowest BCUT2D eigenvalue weighted by atomic mass is 9.89. The Kier molecular flexibility index (Phi) is 4.54. The Hall–Kier alpha value is -0.710. The fourth-order valence-corrected chi connectivity index (χ4v) is 4.02. The zero-order valence-corrected chi connectivity index (χ0v) is 11.6. The number of amides is 1. The number of carbonyl (C=O) groups excluding carboxylic acids is 1. The number of piperidine rings is 1. The molecule has 2 aliphatic heterocycles. The number of hydrogen-bond acceptors (Lipinski definition) is 3. The van der Waals surface area contributed by atoms with Gasteiger partial charge in [0.15, 0.2) is 0 Å². The highest BCUT2D eigenvalue weighted by Gasteiger charge is 2.34. The van der Waals surface area contributed by atoms with Crippen LogP contribution in [-0.2, 0) is 9.59 Å². The van der Waals surface area contributed by atoms with E-state index in [1.54, 1.807) is 4.90 Å². The van der Waals surface area contributed by atoms with Gasteiger partial charge in [0, 0.05) is 19.0 Å². The van der Waals surface area contributed by atoms with Crippen LogP contribution in [0.25, 0.3) is 0 Å². The summed E-state index contributed by atoms with van der Waals surface area (Å²) in [7, 11) is 0. The van der Waals surface area contributed by atoms with Crippen LogP contribution in [0, 0.1) is 17.8 Å². The van der Waals surface area contributed by atoms with E-state index in [0.29, 0.717) is 18.9 Å². The van der Waals surface area contributed by atoms with E-state index in [9.17, 15) is 9.59 Å². The summed E-state index contributed by atoms with van der Waals surface area (Å²) in [6.07, 6.45) is 2.60. The predicted molar refractivity (Wildman–Crippen MR) is 71.5 cm³/mol. The molecule has 0 aliphatic carbocycles. The molecule has 0 aromatic heterocycles. The molecule has 2 atom stereocenters. The third kappa shape index (κ3) is 3.19. The zero-order valence-electron chi connectivity index (χ0n) is 10.8. The first-order valence-corrected chi connectivity index (χ1v) is 7.82. The number of carboxylic acid groups (broad SMARTS) is 1. The van der Waals surface area contributed by atoms with Crippen molar-refractivity contribution in [1.82, 2.24) is 4.90 Å². The van der Waals surface area contributed by atoms with Crippen molar-refractivity contribution in [3.8, 4) is 0 Å². The van der Waals surface area contributed by atoms with E-state index in [0.717, 1.165) is 30.9 Å². The van der Waals surface area contributed by atoms with Crippen LogP contribution in [0.15, 0.2) is 0 Å². The Balaban J connectivity index is 1.98. The minimum Gasteiger partial charge on any atom is -0.481 e. The largest absolute Gasteiger partial charge is 0.481 e. The fourth-order valence-electron chi connectivity index (χ4n) is 2.91. The van der Waals surface area contributed by atoms with Gasteiger partial charge < -0.3 is 10.0 Å². The molecule has 2 unspecified atom stereocenters. The standard InChI is InChI=1S/C13H21NO3S/c1-9-6-11(13(16)17)8-14(7-9)12(15)10-2-4-18-5-3-10/h9-11H,2-8H2,1H3,(H,16,17). The maximum Gasteiger partial charge on any atom is 0.308 e. The summed E-state index contributed by atoms with van der Waals surface area (Å²) in [4.78, 5) is 25.3. The average Bonchev–Trinajstić information content (AvgIpc) is 2.38. The van der Waals surface area contributed by atoms with Crippen LogP contribution in [-0.4, -0.2) is 46.5 Å². The molecule has 0 aromatic rings. The average molecular weight is 271 g/mol. The van der Waals surface area contributed by atoms with E-state index >= 15 is 0 Å². The van der Waals surface area contributed by atoms with Gasteiger partial charge in [-0.3, -0.25) is 9.59 Å². The van der Waals surface area contributed by atoms with Crippen LogP contribution in [0.4, 0.5) is 0 Å². The molecule has 2 aliphatic rings. The molecule has 18 heavy (non-hydrogen) atoms. The Labute approximate surface area is 112 Å². The lowest BCUT2D eigenvalue weighted by molar-refractivity contribution is -0.148. The summed E-state index contributed by atoms with van der Waals surface area (Å²) in [5, 5.41) is 9.12. The number of hydrogen-bond donors (Lipinski definition) is 1. The van der Waals surface area contributed by atoms with E-state index in [1.165, 1.54) is 0 Å². The molecule has 2 heterocycles. The Morgan fingerprint density at radius 1 is 1.17 bits per heavy atom. The molecule has 102 valence electrons. The Morgan fingerprint density at radius 2 is 1.83 bits per heavy atom. The SMILES string of the molecule is CC1CC(C(=O)O)CN(C(=O)C2CCSCC2)C1. The van der Waals surface area contributed by atoms with Crippen LogP contribution >= 0.6 is 11.8 Å². The molecule has 0 aromatic carbocycles. The third-order valence-corrected chi connectivity index (χ3v) is 4.94. The van der Waals surface area contributed by atoms with E-state index in [2.05, 4.69) is 0 Å². The van der Waals surface area contributed by atoms with Gasteiger partial charge in [-0.15, -0.1) is 0 Å². The van der Waals surface area contributed by atoms with Gasteiger partial charge in [-0.05, 0) is 36.7 Å². The van der Waals surface area contributed by atoms with E-state index in [4.69, 9.17) is 5.11 Å². The highest BCUT2D eigenvalue weighted by atomic mass is 32.2. The molecule has 0 bridgehead atoms. The molecule has 5 heteroatoms. The highest BCUT2D eigenvalue weighted by molar-refractivity contribution is 7.99. The predicted octanol–water partition coefficient (Wildman–Crippen LogP) is 1.70. The molecule has 1 amide bonds. The van der Waals surface area contributed by atoms with E-state index in [-0.39, 0.29) is 17.7 Å². The van der Waals surface area contributed by atoms with Gasteiger partial charge in [-0.25, -0.2) is 0 Å². The highest BCUT2D eigenvalue weighted by Crippen LogP contribution is 2.28. The number of likely N-dealkylation sites (tertiary alicyclic amines) is 1. The van der Waals surface area contributed by atoms with Gasteiger partial charge in [-0.1, -0.05) is 6.92 Å². The Morgan fingerprint density at radius 3 is 2.44 bits per heavy atom. The molecule has 2 rings (SSSR count). The van der Waals surface area contributed by atoms with Crippen LogP contribution in [0.1, 0.15) is 26.2 Å². The first-order chi connectivity index (χ1) is 8.58. The quantitative estimate of drug-likeness (QED) is 0.830. The first-order valence-electron chi connectivity index (χ1n) is 6.67. The lowest BCUT2D eigenvalue weighted by Gasteiger charge is -2.37. The van der Waals surface area contributed by atoms with Crippen molar-refractivity contribution < 1.29 is 14.7 Å². The number of carboxylic acids is 1. The first kappa shape index (κ1) is 13.7. The van der Waals surface area contributed by atoms with Gasteiger partial charge >= 0.3 is 5.97 Å². The summed E-state index contributed by atoms with van der Waals surface area (Å²) in [6, 6.07) is 0. The molecule has 0 spiro atoms. The van der Waals surface area contributed by atoms with Crippen LogP contribution < -0.4 is 0 Å². The smallest absolute Gasteiger partial charge is 0.308 e. The molecule has 1 N–H and O–H groups in total. The second-order valence-electron chi connectivity index (χ2n) is 5.51. The summed E-state index contributed by atoms with van der Waals surface area (Å²) in [5.74, 6) is 1.58. The monoisotopic (exact) mass is 271 g/mol. The summed E-state index contributed by atoms with van der Waals surface area (Å²) < 4.78 is 0. The van der Waals surface area contributed by atoms with Crippen LogP contribution in [0.2, 0.25) is 0 Å². The van der Waals surface area contributed by atoms with Gasteiger partial charge in [0.2, 0.25) is 5.91 Å². The number of carbonyl (C=O) groups is 2. The van der Waals surface area contributed by atoms with Crippen molar-refractivity contribution in [2.75, 3.05) is 24.6 Å². The molecular weight excluding hydrogens is 250 g/mol. The molecule has 2 fully saturated rings. The van der Waals surface area contributed by atoms with Crippen molar-refractivity contribution in [3.63, 3.8) is 0 Å². The van der Waals surface area contributed by atoms with Crippen LogP contribution in [0.3, 0.4) is 0 Å². The normalized spacial score (nSPS) is 30.2. The van der Waals surface area contributed by atoms with E-state index in [1.807, 2.05) is 18.7 Å². The molecule has 4 nitrogen and oxygen atoms in total. The third-order valence-electron chi connectivity index (χ3n) is 3.89. The van der Waals surface area contributed by atoms with Gasteiger partial charge in [-0.2, -0.15) is 11.8 Å². The second-order valence-corrected chi connectivity index (χ2v) is 6.73. The topological polar surface area (TPSA) is 57.6 Å². The maximum atomic E-state index is 12.4. The maximum absolute atomic E-state index is 12.4. The molecule has 0 radical (unpaired) electrons. The van der Waals surface area contributed by atoms with Crippen molar-refractivity contribution in [2.45, 2.75) is 26.2 Å². The fraction of sp³-hybridized carbons (Fsp3) is 0.846. The number of rotatable bonds is 2. The van der Waals surface area contributed by atoms with Crippen molar-refractivity contribution >= 4 is 23.6 Å². The molecule has 0 saturated carbocycles. The number of aliphatic carboxylic acids is 1. The second kappa shape index (κ2) is 5.95. The zero-order chi connectivity index (χ0) is 13.1. The number of nitrogens with zero attached hydrogens (tertiary/aromatic N) is 1. The van der Waals surface area contributed by atoms with Crippen molar-refractivity contribution in [3.05, 3.63) is 0 Å². The minimum absolute atomic E-state index is 0.131. The Bertz CT molecular complexity index is 328. The van der Waals surface area contributed by atoms with E-state index < -0.39 is 5.97 Å². The van der Waals surface area contributed by atoms with Crippen LogP contribution in [0.5, 0.6) is 0 Å². The van der Waals surface area contributed by atoms with Gasteiger partial charge in [0.1, 0.15) is 0 Å². The molecular formula is C13H21NO3S. The molecule has 2 saturated heterocycles. The van der Waals surface area contributed by atoms with Gasteiger partial charge in [0.05, 0.1) is 5.92 Å². The minimum atomic E-state index is -0.765. The summed E-state index contributed by atoms with van der Waals surface area (Å²) in [6.45, 7) is 3.17. The van der Waals surface area contributed by atoms with Crippen molar-refractivity contribution in [1.29, 1.82) is 0 Å². The number of thioether (sulfide) groups is 1. The van der Waals surface area contributed by atoms with Crippen molar-refractivity contribution in [2.24, 2.45) is 17.8 Å². The summed E-state index contributed by atoms with van der Waals surface area (Å²) >= 11 is 1.90. The lowest BCUT2D eigenvalue weighted by Crippen LogP contribution is -2.48. The van der Waals surface area contributed by atoms with Gasteiger partial charge in [0.25, 0.3) is 0 Å².